The van der Waals surface area contributed by atoms with E-state index in [9.17, 15) is 0 Å². The minimum Gasteiger partial charge on any atom is -0.339 e. The van der Waals surface area contributed by atoms with Gasteiger partial charge in [-0.3, -0.25) is 0 Å². The van der Waals surface area contributed by atoms with Crippen molar-refractivity contribution in [3.05, 3.63) is 11.7 Å². The quantitative estimate of drug-likeness (QED) is 0.864. The predicted molar refractivity (Wildman–Crippen MR) is 64.4 cm³/mol. The van der Waals surface area contributed by atoms with Crippen LogP contribution in [-0.4, -0.2) is 41.0 Å². The summed E-state index contributed by atoms with van der Waals surface area (Å²) >= 11 is 3.65. The molecule has 2 rings (SSSR count). The summed E-state index contributed by atoms with van der Waals surface area (Å²) in [6.45, 7) is 0. The van der Waals surface area contributed by atoms with Gasteiger partial charge in [0.05, 0.1) is 11.7 Å². The summed E-state index contributed by atoms with van der Waals surface area (Å²) in [4.78, 5) is 4.43. The van der Waals surface area contributed by atoms with Gasteiger partial charge in [0.15, 0.2) is 5.82 Å². The zero-order chi connectivity index (χ0) is 10.7. The molecule has 84 valence electrons. The highest BCUT2D eigenvalue weighted by Gasteiger charge is 2.32. The molecule has 6 heteroatoms. The number of thioether (sulfide) groups is 2. The second-order valence-corrected chi connectivity index (χ2v) is 5.46. The first-order valence-corrected chi connectivity index (χ1v) is 7.46. The molecule has 0 aromatic carbocycles. The second kappa shape index (κ2) is 5.23. The van der Waals surface area contributed by atoms with Crippen LogP contribution >= 0.6 is 23.5 Å². The fourth-order valence-electron chi connectivity index (χ4n) is 1.69. The molecule has 0 radical (unpaired) electrons. The lowest BCUT2D eigenvalue weighted by molar-refractivity contribution is 0.341. The molecule has 0 amide bonds. The largest absolute Gasteiger partial charge is 0.339 e. The minimum atomic E-state index is 0.378. The van der Waals surface area contributed by atoms with E-state index in [2.05, 4.69) is 15.5 Å². The molecule has 1 aromatic rings. The van der Waals surface area contributed by atoms with Gasteiger partial charge in [0.2, 0.25) is 5.89 Å². The van der Waals surface area contributed by atoms with Crippen molar-refractivity contribution in [3.63, 3.8) is 0 Å². The summed E-state index contributed by atoms with van der Waals surface area (Å²) < 4.78 is 5.31. The fraction of sp³-hybridized carbons (Fsp3) is 0.778. The van der Waals surface area contributed by atoms with Gasteiger partial charge in [-0.05, 0) is 13.3 Å². The van der Waals surface area contributed by atoms with E-state index in [-0.39, 0.29) is 0 Å². The molecular weight excluding hydrogens is 230 g/mol. The summed E-state index contributed by atoms with van der Waals surface area (Å²) in [6, 6.07) is 0.470. The summed E-state index contributed by atoms with van der Waals surface area (Å²) in [6.07, 6.45) is 2.04. The summed E-state index contributed by atoms with van der Waals surface area (Å²) in [5, 5.41) is 7.28. The van der Waals surface area contributed by atoms with E-state index >= 15 is 0 Å². The Kier molecular flexibility index (Phi) is 3.93. The third-order valence-corrected chi connectivity index (χ3v) is 4.26. The molecule has 1 saturated heterocycles. The fourth-order valence-corrected chi connectivity index (χ4v) is 3.48. The Bertz CT molecular complexity index is 318. The van der Waals surface area contributed by atoms with E-state index < -0.39 is 0 Å². The van der Waals surface area contributed by atoms with Crippen LogP contribution in [0.25, 0.3) is 0 Å². The molecule has 0 aliphatic carbocycles. The molecule has 1 aromatic heterocycles. The van der Waals surface area contributed by atoms with E-state index in [1.807, 2.05) is 25.1 Å². The Morgan fingerprint density at radius 1 is 1.60 bits per heavy atom. The van der Waals surface area contributed by atoms with Gasteiger partial charge in [0, 0.05) is 17.5 Å². The van der Waals surface area contributed by atoms with E-state index in [0.717, 1.165) is 29.0 Å². The lowest BCUT2D eigenvalue weighted by atomic mass is 10.0. The van der Waals surface area contributed by atoms with E-state index in [1.54, 1.807) is 11.8 Å². The molecule has 0 spiro atoms. The van der Waals surface area contributed by atoms with Crippen molar-refractivity contribution in [1.82, 2.24) is 15.5 Å². The molecule has 2 atom stereocenters. The van der Waals surface area contributed by atoms with Crippen LogP contribution in [0, 0.1) is 0 Å². The van der Waals surface area contributed by atoms with E-state index in [4.69, 9.17) is 4.52 Å². The highest BCUT2D eigenvalue weighted by Crippen LogP contribution is 2.31. The van der Waals surface area contributed by atoms with Gasteiger partial charge in [-0.1, -0.05) is 5.16 Å². The number of nitrogens with one attached hydrogen (secondary N) is 1. The van der Waals surface area contributed by atoms with Gasteiger partial charge in [0.25, 0.3) is 0 Å². The zero-order valence-corrected chi connectivity index (χ0v) is 10.5. The van der Waals surface area contributed by atoms with Gasteiger partial charge in [-0.25, -0.2) is 0 Å². The predicted octanol–water partition coefficient (Wildman–Crippen LogP) is 1.35. The lowest BCUT2D eigenvalue weighted by Gasteiger charge is -2.13. The van der Waals surface area contributed by atoms with Crippen molar-refractivity contribution < 1.29 is 4.52 Å². The smallest absolute Gasteiger partial charge is 0.232 e. The normalized spacial score (nSPS) is 26.0. The summed E-state index contributed by atoms with van der Waals surface area (Å²) in [7, 11) is 1.99. The van der Waals surface area contributed by atoms with Crippen LogP contribution in [0.5, 0.6) is 0 Å². The average molecular weight is 245 g/mol. The molecular formula is C9H15N3OS2. The molecule has 1 aliphatic rings. The molecule has 2 heterocycles. The Hall–Kier alpha value is -0.200. The van der Waals surface area contributed by atoms with Gasteiger partial charge >= 0.3 is 0 Å². The van der Waals surface area contributed by atoms with Crippen LogP contribution in [0.1, 0.15) is 17.6 Å². The molecule has 4 nitrogen and oxygen atoms in total. The maximum atomic E-state index is 5.31. The number of hydrogen-bond donors (Lipinski definition) is 1. The van der Waals surface area contributed by atoms with E-state index in [1.165, 1.54) is 0 Å². The van der Waals surface area contributed by atoms with Gasteiger partial charge in [-0.15, -0.1) is 0 Å². The Balaban J connectivity index is 2.07. The second-order valence-electron chi connectivity index (χ2n) is 3.52. The van der Waals surface area contributed by atoms with Crippen molar-refractivity contribution in [3.8, 4) is 0 Å². The van der Waals surface area contributed by atoms with Crippen molar-refractivity contribution in [2.45, 2.75) is 17.7 Å². The van der Waals surface area contributed by atoms with Crippen molar-refractivity contribution >= 4 is 23.5 Å². The molecule has 1 aliphatic heterocycles. The number of likely N-dealkylation sites (N-methyl/N-ethyl adjacent to an activating group) is 1. The topological polar surface area (TPSA) is 51.0 Å². The Morgan fingerprint density at radius 3 is 3.20 bits per heavy atom. The first-order chi connectivity index (χ1) is 7.35. The maximum absolute atomic E-state index is 5.31. The maximum Gasteiger partial charge on any atom is 0.232 e. The highest BCUT2D eigenvalue weighted by atomic mass is 32.2. The third-order valence-electron chi connectivity index (χ3n) is 2.53. The van der Waals surface area contributed by atoms with Crippen LogP contribution in [0.4, 0.5) is 0 Å². The first kappa shape index (κ1) is 11.3. The summed E-state index contributed by atoms with van der Waals surface area (Å²) in [5.74, 6) is 5.01. The standard InChI is InChI=1S/C9H15N3OS2/c1-10-7-4-15-3-6(7)9-11-8(5-14-2)12-13-9/h6-7,10H,3-5H2,1-2H3. The Labute approximate surface area is 98.0 Å². The SMILES string of the molecule is CNC1CSCC1c1nc(CSC)no1. The summed E-state index contributed by atoms with van der Waals surface area (Å²) in [5.41, 5.74) is 0. The van der Waals surface area contributed by atoms with Gasteiger partial charge in [-0.2, -0.15) is 28.5 Å². The van der Waals surface area contributed by atoms with Crippen LogP contribution in [0.3, 0.4) is 0 Å². The molecule has 0 saturated carbocycles. The van der Waals surface area contributed by atoms with Crippen LogP contribution < -0.4 is 5.32 Å². The number of rotatable bonds is 4. The molecule has 15 heavy (non-hydrogen) atoms. The molecule has 2 unspecified atom stereocenters. The lowest BCUT2D eigenvalue weighted by Crippen LogP contribution is -2.31. The number of nitrogens with zero attached hydrogens (tertiary/aromatic N) is 2. The Morgan fingerprint density at radius 2 is 2.47 bits per heavy atom. The number of aromatic nitrogens is 2. The van der Waals surface area contributed by atoms with Crippen molar-refractivity contribution in [2.75, 3.05) is 24.8 Å². The highest BCUT2D eigenvalue weighted by molar-refractivity contribution is 7.99. The van der Waals surface area contributed by atoms with Crippen LogP contribution in [-0.2, 0) is 5.75 Å². The number of hydrogen-bond acceptors (Lipinski definition) is 6. The molecule has 1 fully saturated rings. The van der Waals surface area contributed by atoms with Crippen molar-refractivity contribution in [1.29, 1.82) is 0 Å². The van der Waals surface area contributed by atoms with Crippen LogP contribution in [0.15, 0.2) is 4.52 Å². The van der Waals surface area contributed by atoms with Crippen LogP contribution in [0.2, 0.25) is 0 Å². The third kappa shape index (κ3) is 2.49. The monoisotopic (exact) mass is 245 g/mol. The van der Waals surface area contributed by atoms with Gasteiger partial charge in [0.1, 0.15) is 0 Å². The first-order valence-electron chi connectivity index (χ1n) is 4.91. The minimum absolute atomic E-state index is 0.378. The van der Waals surface area contributed by atoms with Crippen molar-refractivity contribution in [2.24, 2.45) is 0 Å². The van der Waals surface area contributed by atoms with E-state index in [0.29, 0.717) is 12.0 Å². The zero-order valence-electron chi connectivity index (χ0n) is 8.90. The van der Waals surface area contributed by atoms with Gasteiger partial charge < -0.3 is 9.84 Å². The molecule has 1 N–H and O–H groups in total. The molecule has 0 bridgehead atoms. The average Bonchev–Trinajstić information content (AvgIpc) is 2.84.